The Morgan fingerprint density at radius 2 is 2.14 bits per heavy atom. The molecule has 0 amide bonds. The van der Waals surface area contributed by atoms with Crippen molar-refractivity contribution in [2.45, 2.75) is 25.5 Å². The number of likely N-dealkylation sites (N-methyl/N-ethyl adjacent to an activating group) is 1. The molecule has 0 aromatic carbocycles. The summed E-state index contributed by atoms with van der Waals surface area (Å²) in [4.78, 5) is 18.1. The van der Waals surface area contributed by atoms with Gasteiger partial charge in [0.1, 0.15) is 11.8 Å². The Labute approximate surface area is 129 Å². The molecule has 22 heavy (non-hydrogen) atoms. The molecule has 0 bridgehead atoms. The minimum absolute atomic E-state index is 0.276. The minimum Gasteiger partial charge on any atom is -0.376 e. The number of anilines is 1. The second-order valence-corrected chi connectivity index (χ2v) is 6.18. The summed E-state index contributed by atoms with van der Waals surface area (Å²) in [5.74, 6) is 1.01. The molecule has 2 fully saturated rings. The summed E-state index contributed by atoms with van der Waals surface area (Å²) < 4.78 is 8.04. The van der Waals surface area contributed by atoms with Crippen LogP contribution < -0.4 is 4.90 Å². The third-order valence-electron chi connectivity index (χ3n) is 4.59. The highest BCUT2D eigenvalue weighted by atomic mass is 16.5. The van der Waals surface area contributed by atoms with E-state index in [0.29, 0.717) is 0 Å². The first-order chi connectivity index (χ1) is 10.8. The lowest BCUT2D eigenvalue weighted by Crippen LogP contribution is -2.45. The van der Waals surface area contributed by atoms with Crippen LogP contribution in [0.1, 0.15) is 12.8 Å². The molecular formula is C15H22N6O. The Hall–Kier alpha value is -1.73. The van der Waals surface area contributed by atoms with E-state index in [1.54, 1.807) is 12.5 Å². The van der Waals surface area contributed by atoms with Crippen molar-refractivity contribution in [2.75, 3.05) is 44.7 Å². The number of nitrogens with zero attached hydrogens (tertiary/aromatic N) is 6. The molecule has 0 spiro atoms. The lowest BCUT2D eigenvalue weighted by molar-refractivity contribution is 0.0979. The molecule has 0 saturated carbocycles. The van der Waals surface area contributed by atoms with Crippen molar-refractivity contribution in [1.82, 2.24) is 24.4 Å². The van der Waals surface area contributed by atoms with E-state index < -0.39 is 0 Å². The molecule has 118 valence electrons. The molecule has 7 nitrogen and oxygen atoms in total. The van der Waals surface area contributed by atoms with Gasteiger partial charge in [0.15, 0.2) is 5.65 Å². The molecule has 2 aromatic rings. The van der Waals surface area contributed by atoms with Crippen molar-refractivity contribution < 1.29 is 4.74 Å². The van der Waals surface area contributed by atoms with Gasteiger partial charge in [-0.1, -0.05) is 0 Å². The SMILES string of the molecule is CN1CCN(c2nc3cncnc3n2C[C@H]2CCCO2)CC1. The molecule has 0 aliphatic carbocycles. The van der Waals surface area contributed by atoms with Crippen LogP contribution in [0.4, 0.5) is 5.95 Å². The van der Waals surface area contributed by atoms with Gasteiger partial charge in [0, 0.05) is 32.8 Å². The van der Waals surface area contributed by atoms with Crippen LogP contribution >= 0.6 is 0 Å². The van der Waals surface area contributed by atoms with E-state index in [-0.39, 0.29) is 6.10 Å². The lowest BCUT2D eigenvalue weighted by Gasteiger charge is -2.33. The number of hydrogen-bond acceptors (Lipinski definition) is 6. The van der Waals surface area contributed by atoms with Gasteiger partial charge in [-0.25, -0.2) is 15.0 Å². The fourth-order valence-electron chi connectivity index (χ4n) is 3.27. The van der Waals surface area contributed by atoms with Gasteiger partial charge < -0.3 is 14.5 Å². The van der Waals surface area contributed by atoms with Crippen molar-refractivity contribution in [3.05, 3.63) is 12.5 Å². The summed E-state index contributed by atoms with van der Waals surface area (Å²) in [6.45, 7) is 5.83. The minimum atomic E-state index is 0.276. The number of fused-ring (bicyclic) bond motifs is 1. The standard InChI is InChI=1S/C15H22N6O/c1-19-4-6-20(7-5-19)15-18-13-9-16-11-17-14(13)21(15)10-12-3-2-8-22-12/h9,11-12H,2-8,10H2,1H3/t12-/m1/s1. The van der Waals surface area contributed by atoms with Crippen LogP contribution in [0, 0.1) is 0 Å². The molecule has 2 aromatic heterocycles. The molecular weight excluding hydrogens is 280 g/mol. The first-order valence-electron chi connectivity index (χ1n) is 8.02. The highest BCUT2D eigenvalue weighted by Gasteiger charge is 2.24. The molecule has 0 unspecified atom stereocenters. The Morgan fingerprint density at radius 3 is 2.91 bits per heavy atom. The number of hydrogen-bond donors (Lipinski definition) is 0. The van der Waals surface area contributed by atoms with E-state index in [1.165, 1.54) is 0 Å². The summed E-state index contributed by atoms with van der Waals surface area (Å²) in [5.41, 5.74) is 1.79. The summed E-state index contributed by atoms with van der Waals surface area (Å²) in [6, 6.07) is 0. The van der Waals surface area contributed by atoms with Crippen LogP contribution in [0.3, 0.4) is 0 Å². The van der Waals surface area contributed by atoms with Crippen LogP contribution in [0.15, 0.2) is 12.5 Å². The molecule has 2 aliphatic heterocycles. The van der Waals surface area contributed by atoms with Crippen molar-refractivity contribution in [3.8, 4) is 0 Å². The first-order valence-corrected chi connectivity index (χ1v) is 8.02. The van der Waals surface area contributed by atoms with Crippen molar-refractivity contribution in [3.63, 3.8) is 0 Å². The zero-order valence-corrected chi connectivity index (χ0v) is 13.0. The van der Waals surface area contributed by atoms with Gasteiger partial charge in [0.25, 0.3) is 0 Å². The summed E-state index contributed by atoms with van der Waals surface area (Å²) in [5, 5.41) is 0. The van der Waals surface area contributed by atoms with E-state index in [0.717, 1.165) is 69.3 Å². The molecule has 7 heteroatoms. The highest BCUT2D eigenvalue weighted by molar-refractivity contribution is 5.73. The molecule has 0 radical (unpaired) electrons. The predicted octanol–water partition coefficient (Wildman–Crippen LogP) is 0.757. The second-order valence-electron chi connectivity index (χ2n) is 6.18. The average molecular weight is 302 g/mol. The van der Waals surface area contributed by atoms with Crippen LogP contribution in [0.5, 0.6) is 0 Å². The quantitative estimate of drug-likeness (QED) is 0.834. The molecule has 4 rings (SSSR count). The van der Waals surface area contributed by atoms with Gasteiger partial charge in [-0.2, -0.15) is 0 Å². The van der Waals surface area contributed by atoms with E-state index >= 15 is 0 Å². The maximum absolute atomic E-state index is 5.82. The smallest absolute Gasteiger partial charge is 0.208 e. The maximum atomic E-state index is 5.82. The van der Waals surface area contributed by atoms with Crippen molar-refractivity contribution in [2.24, 2.45) is 0 Å². The Balaban J connectivity index is 1.69. The Kier molecular flexibility index (Phi) is 3.67. The Bertz CT molecular complexity index is 643. The topological polar surface area (TPSA) is 59.3 Å². The van der Waals surface area contributed by atoms with Crippen LogP contribution in [0.2, 0.25) is 0 Å². The van der Waals surface area contributed by atoms with Gasteiger partial charge >= 0.3 is 0 Å². The maximum Gasteiger partial charge on any atom is 0.208 e. The van der Waals surface area contributed by atoms with Gasteiger partial charge in [-0.15, -0.1) is 0 Å². The summed E-state index contributed by atoms with van der Waals surface area (Å²) in [6.07, 6.45) is 5.94. The lowest BCUT2D eigenvalue weighted by atomic mass is 10.2. The summed E-state index contributed by atoms with van der Waals surface area (Å²) in [7, 11) is 2.16. The van der Waals surface area contributed by atoms with E-state index in [1.807, 2.05) is 0 Å². The summed E-state index contributed by atoms with van der Waals surface area (Å²) >= 11 is 0. The molecule has 0 N–H and O–H groups in total. The number of piperazine rings is 1. The number of ether oxygens (including phenoxy) is 1. The molecule has 2 saturated heterocycles. The van der Waals surface area contributed by atoms with Gasteiger partial charge in [-0.05, 0) is 19.9 Å². The van der Waals surface area contributed by atoms with Gasteiger partial charge in [0.05, 0.1) is 18.8 Å². The van der Waals surface area contributed by atoms with E-state index in [4.69, 9.17) is 9.72 Å². The average Bonchev–Trinajstić information content (AvgIpc) is 3.17. The second kappa shape index (κ2) is 5.81. The fourth-order valence-corrected chi connectivity index (χ4v) is 3.27. The zero-order chi connectivity index (χ0) is 14.9. The van der Waals surface area contributed by atoms with Crippen LogP contribution in [-0.4, -0.2) is 70.4 Å². The largest absolute Gasteiger partial charge is 0.376 e. The Morgan fingerprint density at radius 1 is 1.27 bits per heavy atom. The first kappa shape index (κ1) is 13.9. The fraction of sp³-hybridized carbons (Fsp3) is 0.667. The monoisotopic (exact) mass is 302 g/mol. The number of imidazole rings is 1. The number of rotatable bonds is 3. The third-order valence-corrected chi connectivity index (χ3v) is 4.59. The predicted molar refractivity (Wildman–Crippen MR) is 84.0 cm³/mol. The normalized spacial score (nSPS) is 23.5. The van der Waals surface area contributed by atoms with E-state index in [2.05, 4.69) is 31.4 Å². The third kappa shape index (κ3) is 2.55. The number of aromatic nitrogens is 4. The molecule has 1 atom stereocenters. The van der Waals surface area contributed by atoms with Gasteiger partial charge in [0.2, 0.25) is 5.95 Å². The van der Waals surface area contributed by atoms with Crippen molar-refractivity contribution in [1.29, 1.82) is 0 Å². The van der Waals surface area contributed by atoms with E-state index in [9.17, 15) is 0 Å². The van der Waals surface area contributed by atoms with Crippen LogP contribution in [-0.2, 0) is 11.3 Å². The highest BCUT2D eigenvalue weighted by Crippen LogP contribution is 2.24. The van der Waals surface area contributed by atoms with Crippen LogP contribution in [0.25, 0.3) is 11.2 Å². The molecule has 2 aliphatic rings. The zero-order valence-electron chi connectivity index (χ0n) is 13.0. The molecule has 4 heterocycles. The van der Waals surface area contributed by atoms with Gasteiger partial charge in [-0.3, -0.25) is 4.57 Å². The van der Waals surface area contributed by atoms with Crippen molar-refractivity contribution >= 4 is 17.1 Å².